The molecule has 0 aromatic heterocycles. The Balaban J connectivity index is 0.000000839. The van der Waals surface area contributed by atoms with Gasteiger partial charge in [-0.2, -0.15) is 0 Å². The molecule has 3 aromatic carbocycles. The molecule has 0 heterocycles. The van der Waals surface area contributed by atoms with Gasteiger partial charge in [-0.3, -0.25) is 9.59 Å². The SMILES string of the molecule is COc1ccc(C)cc1.COc1ccc(CC(=O)NCC(=O)NCc2ccccc2)cc1.[HH].[HH]. The molecule has 2 amide bonds. The molecule has 3 rings (SSSR count). The van der Waals surface area contributed by atoms with E-state index in [0.29, 0.717) is 6.54 Å². The maximum Gasteiger partial charge on any atom is 0.239 e. The van der Waals surface area contributed by atoms with Crippen LogP contribution in [0.3, 0.4) is 0 Å². The average molecular weight is 439 g/mol. The van der Waals surface area contributed by atoms with Crippen LogP contribution in [0.2, 0.25) is 0 Å². The Morgan fingerprint density at radius 3 is 1.84 bits per heavy atom. The van der Waals surface area contributed by atoms with Crippen molar-refractivity contribution in [2.24, 2.45) is 0 Å². The molecule has 3 aromatic rings. The first-order chi connectivity index (χ1) is 15.5. The number of rotatable bonds is 8. The number of carbonyl (C=O) groups excluding carboxylic acids is 2. The first-order valence-electron chi connectivity index (χ1n) is 10.3. The molecular weight excluding hydrogens is 404 g/mol. The smallest absolute Gasteiger partial charge is 0.239 e. The average Bonchev–Trinajstić information content (AvgIpc) is 2.83. The van der Waals surface area contributed by atoms with Crippen LogP contribution in [0, 0.1) is 6.92 Å². The first kappa shape index (κ1) is 24.5. The van der Waals surface area contributed by atoms with Crippen LogP contribution in [-0.2, 0) is 22.6 Å². The number of hydrogen-bond donors (Lipinski definition) is 2. The minimum Gasteiger partial charge on any atom is -0.497 e. The lowest BCUT2D eigenvalue weighted by atomic mass is 10.1. The van der Waals surface area contributed by atoms with Gasteiger partial charge in [0.2, 0.25) is 11.8 Å². The molecule has 0 aliphatic rings. The molecular formula is C26H34N2O4. The van der Waals surface area contributed by atoms with Crippen LogP contribution in [0.1, 0.15) is 19.5 Å². The van der Waals surface area contributed by atoms with E-state index in [1.807, 2.05) is 66.7 Å². The molecule has 0 aliphatic carbocycles. The highest BCUT2D eigenvalue weighted by molar-refractivity contribution is 5.85. The monoisotopic (exact) mass is 438 g/mol. The van der Waals surface area contributed by atoms with Crippen molar-refractivity contribution in [2.45, 2.75) is 19.9 Å². The highest BCUT2D eigenvalue weighted by atomic mass is 16.5. The maximum absolute atomic E-state index is 11.8. The molecule has 0 fully saturated rings. The van der Waals surface area contributed by atoms with Crippen LogP contribution in [0.25, 0.3) is 0 Å². The Bertz CT molecular complexity index is 966. The summed E-state index contributed by atoms with van der Waals surface area (Å²) in [6.45, 7) is 2.48. The molecule has 6 nitrogen and oxygen atoms in total. The largest absolute Gasteiger partial charge is 0.497 e. The van der Waals surface area contributed by atoms with Crippen LogP contribution in [0.15, 0.2) is 78.9 Å². The van der Waals surface area contributed by atoms with E-state index in [0.717, 1.165) is 22.6 Å². The Morgan fingerprint density at radius 1 is 0.719 bits per heavy atom. The summed E-state index contributed by atoms with van der Waals surface area (Å²) in [5.74, 6) is 1.26. The highest BCUT2D eigenvalue weighted by Gasteiger charge is 2.06. The second-order valence-corrected chi connectivity index (χ2v) is 7.08. The van der Waals surface area contributed by atoms with Gasteiger partial charge >= 0.3 is 0 Å². The molecule has 0 unspecified atom stereocenters. The van der Waals surface area contributed by atoms with Gasteiger partial charge in [-0.1, -0.05) is 60.2 Å². The van der Waals surface area contributed by atoms with Crippen LogP contribution in [-0.4, -0.2) is 32.6 Å². The summed E-state index contributed by atoms with van der Waals surface area (Å²) in [4.78, 5) is 23.5. The van der Waals surface area contributed by atoms with Gasteiger partial charge in [0.05, 0.1) is 27.2 Å². The van der Waals surface area contributed by atoms with Gasteiger partial charge < -0.3 is 20.1 Å². The molecule has 0 spiro atoms. The number of nitrogens with one attached hydrogen (secondary N) is 2. The number of amides is 2. The maximum atomic E-state index is 11.8. The number of ether oxygens (including phenoxy) is 2. The molecule has 172 valence electrons. The van der Waals surface area contributed by atoms with Gasteiger partial charge in [0.25, 0.3) is 0 Å². The Hall–Kier alpha value is -3.80. The van der Waals surface area contributed by atoms with Gasteiger partial charge in [-0.05, 0) is 42.3 Å². The third-order valence-corrected chi connectivity index (χ3v) is 4.56. The second-order valence-electron chi connectivity index (χ2n) is 7.08. The van der Waals surface area contributed by atoms with E-state index in [9.17, 15) is 9.59 Å². The number of aryl methyl sites for hydroxylation is 1. The molecule has 2 N–H and O–H groups in total. The molecule has 6 heteroatoms. The van der Waals surface area contributed by atoms with Crippen LogP contribution in [0.5, 0.6) is 11.5 Å². The van der Waals surface area contributed by atoms with E-state index in [1.54, 1.807) is 26.4 Å². The van der Waals surface area contributed by atoms with Gasteiger partial charge in [-0.25, -0.2) is 0 Å². The molecule has 0 saturated heterocycles. The number of benzene rings is 3. The van der Waals surface area contributed by atoms with Crippen molar-refractivity contribution in [2.75, 3.05) is 20.8 Å². The zero-order valence-corrected chi connectivity index (χ0v) is 18.8. The number of methoxy groups -OCH3 is 2. The zero-order chi connectivity index (χ0) is 23.2. The van der Waals surface area contributed by atoms with E-state index < -0.39 is 0 Å². The normalized spacial score (nSPS) is 9.72. The summed E-state index contributed by atoms with van der Waals surface area (Å²) in [6, 6.07) is 24.8. The van der Waals surface area contributed by atoms with E-state index in [-0.39, 0.29) is 27.6 Å². The summed E-state index contributed by atoms with van der Waals surface area (Å²) < 4.78 is 10.0. The molecule has 0 atom stereocenters. The van der Waals surface area contributed by atoms with Crippen molar-refractivity contribution in [1.82, 2.24) is 10.6 Å². The number of hydrogen-bond acceptors (Lipinski definition) is 4. The van der Waals surface area contributed by atoms with Crippen LogP contribution in [0.4, 0.5) is 0 Å². The van der Waals surface area contributed by atoms with Crippen molar-refractivity contribution in [3.8, 4) is 11.5 Å². The summed E-state index contributed by atoms with van der Waals surface area (Å²) >= 11 is 0. The Kier molecular flexibility index (Phi) is 10.3. The fourth-order valence-corrected chi connectivity index (χ4v) is 2.70. The van der Waals surface area contributed by atoms with Crippen molar-refractivity contribution in [3.05, 3.63) is 95.6 Å². The summed E-state index contributed by atoms with van der Waals surface area (Å²) in [7, 11) is 3.26. The predicted octanol–water partition coefficient (Wildman–Crippen LogP) is 4.17. The van der Waals surface area contributed by atoms with Crippen molar-refractivity contribution < 1.29 is 21.9 Å². The van der Waals surface area contributed by atoms with Gasteiger partial charge in [0, 0.05) is 9.40 Å². The van der Waals surface area contributed by atoms with Crippen molar-refractivity contribution in [1.29, 1.82) is 0 Å². The van der Waals surface area contributed by atoms with E-state index in [2.05, 4.69) is 17.6 Å². The third-order valence-electron chi connectivity index (χ3n) is 4.56. The van der Waals surface area contributed by atoms with Gasteiger partial charge in [0.15, 0.2) is 0 Å². The lowest BCUT2D eigenvalue weighted by molar-refractivity contribution is -0.125. The van der Waals surface area contributed by atoms with E-state index in [1.165, 1.54) is 5.56 Å². The summed E-state index contributed by atoms with van der Waals surface area (Å²) in [6.07, 6.45) is 0.232. The predicted molar refractivity (Wildman–Crippen MR) is 130 cm³/mol. The molecule has 0 aliphatic heterocycles. The first-order valence-corrected chi connectivity index (χ1v) is 10.3. The van der Waals surface area contributed by atoms with Gasteiger partial charge in [-0.15, -0.1) is 0 Å². The van der Waals surface area contributed by atoms with Crippen molar-refractivity contribution >= 4 is 11.8 Å². The van der Waals surface area contributed by atoms with Crippen molar-refractivity contribution in [3.63, 3.8) is 0 Å². The number of carbonyl (C=O) groups is 2. The van der Waals surface area contributed by atoms with Crippen LogP contribution < -0.4 is 20.1 Å². The van der Waals surface area contributed by atoms with Gasteiger partial charge in [0.1, 0.15) is 11.5 Å². The zero-order valence-electron chi connectivity index (χ0n) is 18.8. The Labute approximate surface area is 192 Å². The van der Waals surface area contributed by atoms with Crippen LogP contribution >= 0.6 is 0 Å². The second kappa shape index (κ2) is 13.5. The summed E-state index contributed by atoms with van der Waals surface area (Å²) in [5.41, 5.74) is 3.15. The lowest BCUT2D eigenvalue weighted by Crippen LogP contribution is -2.37. The van der Waals surface area contributed by atoms with E-state index in [4.69, 9.17) is 9.47 Å². The highest BCUT2D eigenvalue weighted by Crippen LogP contribution is 2.11. The third kappa shape index (κ3) is 9.34. The Morgan fingerprint density at radius 2 is 1.28 bits per heavy atom. The topological polar surface area (TPSA) is 76.7 Å². The molecule has 0 bridgehead atoms. The quantitative estimate of drug-likeness (QED) is 0.554. The molecule has 32 heavy (non-hydrogen) atoms. The minimum absolute atomic E-state index is 0. The fraction of sp³-hybridized carbons (Fsp3) is 0.231. The standard InChI is InChI=1S/C18H20N2O3.C8H10O.2H2/c1-23-16-9-7-14(8-10-16)11-17(21)20-13-18(22)19-12-15-5-3-2-4-6-15;1-7-3-5-8(9-2)6-4-7;;/h2-10H,11-13H2,1H3,(H,19,22)(H,20,21);3-6H,1-2H3;2*1H. The molecule has 0 saturated carbocycles. The van der Waals surface area contributed by atoms with E-state index >= 15 is 0 Å². The summed E-state index contributed by atoms with van der Waals surface area (Å²) in [5, 5.41) is 5.38. The lowest BCUT2D eigenvalue weighted by Gasteiger charge is -2.07. The molecule has 0 radical (unpaired) electrons. The fourth-order valence-electron chi connectivity index (χ4n) is 2.70. The minimum atomic E-state index is -0.211.